The Morgan fingerprint density at radius 2 is 2.04 bits per heavy atom. The molecule has 1 amide bonds. The number of furan rings is 1. The van der Waals surface area contributed by atoms with Crippen LogP contribution in [0.15, 0.2) is 40.8 Å². The van der Waals surface area contributed by atoms with Crippen LogP contribution in [0.1, 0.15) is 26.7 Å². The van der Waals surface area contributed by atoms with Crippen molar-refractivity contribution in [2.75, 3.05) is 20.3 Å². The summed E-state index contributed by atoms with van der Waals surface area (Å²) < 4.78 is 15.4. The summed E-state index contributed by atoms with van der Waals surface area (Å²) in [6.07, 6.45) is 0. The molecule has 0 fully saturated rings. The van der Waals surface area contributed by atoms with Crippen LogP contribution in [-0.2, 0) is 11.3 Å². The molecule has 2 rings (SSSR count). The van der Waals surface area contributed by atoms with Gasteiger partial charge in [0.1, 0.15) is 18.1 Å². The number of methoxy groups -OCH3 is 1. The lowest BCUT2D eigenvalue weighted by Gasteiger charge is -2.08. The van der Waals surface area contributed by atoms with E-state index in [2.05, 4.69) is 5.32 Å². The predicted molar refractivity (Wildman–Crippen MR) is 80.7 cm³/mol. The number of hydrogen-bond acceptors (Lipinski definition) is 5. The lowest BCUT2D eigenvalue weighted by atomic mass is 10.2. The molecule has 0 saturated carbocycles. The first-order chi connectivity index (χ1) is 11.1. The van der Waals surface area contributed by atoms with Gasteiger partial charge in [-0.05, 0) is 30.3 Å². The van der Waals surface area contributed by atoms with Crippen LogP contribution in [0.2, 0.25) is 0 Å². The number of benzene rings is 1. The van der Waals surface area contributed by atoms with Gasteiger partial charge in [0.05, 0.1) is 13.2 Å². The van der Waals surface area contributed by atoms with Gasteiger partial charge < -0.3 is 24.3 Å². The fourth-order valence-electron chi connectivity index (χ4n) is 1.83. The summed E-state index contributed by atoms with van der Waals surface area (Å²) >= 11 is 0. The fourth-order valence-corrected chi connectivity index (χ4v) is 1.83. The van der Waals surface area contributed by atoms with Crippen molar-refractivity contribution in [1.29, 1.82) is 0 Å². The molecule has 23 heavy (non-hydrogen) atoms. The quantitative estimate of drug-likeness (QED) is 0.722. The molecule has 0 radical (unpaired) electrons. The molecule has 1 aromatic carbocycles. The highest BCUT2D eigenvalue weighted by atomic mass is 16.5. The predicted octanol–water partition coefficient (Wildman–Crippen LogP) is 1.93. The normalized spacial score (nSPS) is 10.3. The number of carboxylic acids is 1. The maximum absolute atomic E-state index is 12.1. The smallest absolute Gasteiger partial charge is 0.371 e. The topological polar surface area (TPSA) is 98.0 Å². The van der Waals surface area contributed by atoms with Crippen molar-refractivity contribution < 1.29 is 28.6 Å². The number of carbonyl (C=O) groups is 2. The molecule has 0 atom stereocenters. The minimum absolute atomic E-state index is 0.0981. The first-order valence-corrected chi connectivity index (χ1v) is 6.92. The molecule has 0 bridgehead atoms. The Balaban J connectivity index is 1.91. The molecule has 0 aliphatic heterocycles. The summed E-state index contributed by atoms with van der Waals surface area (Å²) in [4.78, 5) is 22.8. The molecule has 0 aliphatic rings. The molecule has 2 N–H and O–H groups in total. The van der Waals surface area contributed by atoms with Crippen molar-refractivity contribution in [2.24, 2.45) is 0 Å². The van der Waals surface area contributed by atoms with Gasteiger partial charge in [-0.1, -0.05) is 6.07 Å². The summed E-state index contributed by atoms with van der Waals surface area (Å²) in [6, 6.07) is 9.59. The monoisotopic (exact) mass is 319 g/mol. The van der Waals surface area contributed by atoms with Crippen molar-refractivity contribution >= 4 is 11.9 Å². The summed E-state index contributed by atoms with van der Waals surface area (Å²) in [5.74, 6) is -0.689. The Labute approximate surface area is 132 Å². The summed E-state index contributed by atoms with van der Waals surface area (Å²) in [6.45, 7) is 0.952. The van der Waals surface area contributed by atoms with E-state index in [1.807, 2.05) is 0 Å². The molecule has 0 saturated heterocycles. The molecule has 2 aromatic rings. The Bertz CT molecular complexity index is 679. The standard InChI is InChI=1S/C16H17NO6/c1-21-7-8-22-12-4-2-3-11(9-12)15(18)17-10-13-5-6-14(23-13)16(19)20/h2-6,9H,7-8,10H2,1H3,(H,17,18)(H,19,20). The number of amides is 1. The van der Waals surface area contributed by atoms with Crippen molar-refractivity contribution in [1.82, 2.24) is 5.32 Å². The number of aromatic carboxylic acids is 1. The van der Waals surface area contributed by atoms with Crippen LogP contribution in [0.3, 0.4) is 0 Å². The van der Waals surface area contributed by atoms with E-state index in [1.165, 1.54) is 12.1 Å². The van der Waals surface area contributed by atoms with Crippen LogP contribution < -0.4 is 10.1 Å². The second-order valence-corrected chi connectivity index (χ2v) is 4.62. The SMILES string of the molecule is COCCOc1cccc(C(=O)NCc2ccc(C(=O)O)o2)c1. The molecule has 0 spiro atoms. The highest BCUT2D eigenvalue weighted by molar-refractivity contribution is 5.94. The third kappa shape index (κ3) is 4.86. The third-order valence-corrected chi connectivity index (χ3v) is 2.95. The van der Waals surface area contributed by atoms with Gasteiger partial charge in [0.15, 0.2) is 0 Å². The highest BCUT2D eigenvalue weighted by Gasteiger charge is 2.11. The molecule has 1 heterocycles. The minimum atomic E-state index is -1.15. The fraction of sp³-hybridized carbons (Fsp3) is 0.250. The Morgan fingerprint density at radius 3 is 2.74 bits per heavy atom. The average molecular weight is 319 g/mol. The van der Waals surface area contributed by atoms with Crippen molar-refractivity contribution in [3.63, 3.8) is 0 Å². The summed E-state index contributed by atoms with van der Waals surface area (Å²) in [5.41, 5.74) is 0.435. The number of rotatable bonds is 8. The third-order valence-electron chi connectivity index (χ3n) is 2.95. The van der Waals surface area contributed by atoms with Crippen LogP contribution in [0.25, 0.3) is 0 Å². The summed E-state index contributed by atoms with van der Waals surface area (Å²) in [5, 5.41) is 11.4. The zero-order valence-corrected chi connectivity index (χ0v) is 12.6. The van der Waals surface area contributed by atoms with E-state index >= 15 is 0 Å². The number of ether oxygens (including phenoxy) is 2. The van der Waals surface area contributed by atoms with Gasteiger partial charge in [-0.3, -0.25) is 4.79 Å². The van der Waals surface area contributed by atoms with E-state index in [0.29, 0.717) is 30.3 Å². The molecular formula is C16H17NO6. The van der Waals surface area contributed by atoms with Crippen molar-refractivity contribution in [3.8, 4) is 5.75 Å². The minimum Gasteiger partial charge on any atom is -0.491 e. The Hall–Kier alpha value is -2.80. The number of carbonyl (C=O) groups excluding carboxylic acids is 1. The van der Waals surface area contributed by atoms with Crippen molar-refractivity contribution in [2.45, 2.75) is 6.54 Å². The van der Waals surface area contributed by atoms with Crippen LogP contribution in [-0.4, -0.2) is 37.3 Å². The zero-order chi connectivity index (χ0) is 16.7. The first-order valence-electron chi connectivity index (χ1n) is 6.92. The second-order valence-electron chi connectivity index (χ2n) is 4.62. The Kier molecular flexibility index (Phi) is 5.76. The van der Waals surface area contributed by atoms with Gasteiger partial charge in [-0.2, -0.15) is 0 Å². The van der Waals surface area contributed by atoms with Gasteiger partial charge in [-0.15, -0.1) is 0 Å². The molecule has 122 valence electrons. The molecular weight excluding hydrogens is 302 g/mol. The highest BCUT2D eigenvalue weighted by Crippen LogP contribution is 2.14. The number of hydrogen-bond donors (Lipinski definition) is 2. The van der Waals surface area contributed by atoms with Gasteiger partial charge in [0, 0.05) is 12.7 Å². The largest absolute Gasteiger partial charge is 0.491 e. The van der Waals surface area contributed by atoms with Crippen LogP contribution in [0.4, 0.5) is 0 Å². The molecule has 1 aromatic heterocycles. The zero-order valence-electron chi connectivity index (χ0n) is 12.6. The average Bonchev–Trinajstić information content (AvgIpc) is 3.02. The van der Waals surface area contributed by atoms with E-state index < -0.39 is 5.97 Å². The van der Waals surface area contributed by atoms with Crippen LogP contribution >= 0.6 is 0 Å². The van der Waals surface area contributed by atoms with Gasteiger partial charge >= 0.3 is 5.97 Å². The molecule has 7 heteroatoms. The van der Waals surface area contributed by atoms with Gasteiger partial charge in [0.2, 0.25) is 5.76 Å². The van der Waals surface area contributed by atoms with E-state index in [-0.39, 0.29) is 18.2 Å². The lowest BCUT2D eigenvalue weighted by Crippen LogP contribution is -2.22. The maximum Gasteiger partial charge on any atom is 0.371 e. The van der Waals surface area contributed by atoms with E-state index in [0.717, 1.165) is 0 Å². The summed E-state index contributed by atoms with van der Waals surface area (Å²) in [7, 11) is 1.58. The van der Waals surface area contributed by atoms with Crippen molar-refractivity contribution in [3.05, 3.63) is 53.5 Å². The lowest BCUT2D eigenvalue weighted by molar-refractivity contribution is 0.0660. The van der Waals surface area contributed by atoms with Gasteiger partial charge in [0.25, 0.3) is 5.91 Å². The van der Waals surface area contributed by atoms with Crippen LogP contribution in [0, 0.1) is 0 Å². The van der Waals surface area contributed by atoms with Crippen LogP contribution in [0.5, 0.6) is 5.75 Å². The number of nitrogens with one attached hydrogen (secondary N) is 1. The Morgan fingerprint density at radius 1 is 1.22 bits per heavy atom. The maximum atomic E-state index is 12.1. The van der Waals surface area contributed by atoms with Gasteiger partial charge in [-0.25, -0.2) is 4.79 Å². The second kappa shape index (κ2) is 8.00. The first kappa shape index (κ1) is 16.6. The molecule has 0 unspecified atom stereocenters. The number of carboxylic acid groups (broad SMARTS) is 1. The molecule has 0 aliphatic carbocycles. The van der Waals surface area contributed by atoms with E-state index in [1.54, 1.807) is 31.4 Å². The molecule has 7 nitrogen and oxygen atoms in total. The van der Waals surface area contributed by atoms with E-state index in [9.17, 15) is 9.59 Å². The van der Waals surface area contributed by atoms with E-state index in [4.69, 9.17) is 19.0 Å².